The van der Waals surface area contributed by atoms with Gasteiger partial charge in [0.1, 0.15) is 11.9 Å². The van der Waals surface area contributed by atoms with Crippen LogP contribution in [0.25, 0.3) is 16.7 Å². The summed E-state index contributed by atoms with van der Waals surface area (Å²) >= 11 is 0. The number of piperazine rings is 1. The Kier molecular flexibility index (Phi) is 5.71. The highest BCUT2D eigenvalue weighted by Crippen LogP contribution is 2.29. The average molecular weight is 445 g/mol. The van der Waals surface area contributed by atoms with E-state index in [1.807, 2.05) is 25.1 Å². The molecule has 172 valence electrons. The van der Waals surface area contributed by atoms with Crippen molar-refractivity contribution in [3.8, 4) is 6.07 Å². The van der Waals surface area contributed by atoms with Gasteiger partial charge in [-0.05, 0) is 48.9 Å². The van der Waals surface area contributed by atoms with E-state index in [1.54, 1.807) is 0 Å². The lowest BCUT2D eigenvalue weighted by atomic mass is 9.92. The van der Waals surface area contributed by atoms with Crippen molar-refractivity contribution in [1.82, 2.24) is 19.2 Å². The maximum Gasteiger partial charge on any atom is 0.236 e. The van der Waals surface area contributed by atoms with Crippen molar-refractivity contribution in [3.63, 3.8) is 0 Å². The number of rotatable bonds is 3. The van der Waals surface area contributed by atoms with Crippen LogP contribution in [0.1, 0.15) is 31.4 Å². The number of para-hydroxylation sites is 2. The van der Waals surface area contributed by atoms with Crippen LogP contribution >= 0.6 is 0 Å². The van der Waals surface area contributed by atoms with E-state index < -0.39 is 0 Å². The zero-order valence-corrected chi connectivity index (χ0v) is 19.8. The van der Waals surface area contributed by atoms with Gasteiger partial charge in [0.15, 0.2) is 5.65 Å². The summed E-state index contributed by atoms with van der Waals surface area (Å²) < 4.78 is 2.12. The molecule has 2 atom stereocenters. The van der Waals surface area contributed by atoms with Gasteiger partial charge < -0.3 is 9.80 Å². The van der Waals surface area contributed by atoms with Crippen molar-refractivity contribution in [2.24, 2.45) is 11.8 Å². The van der Waals surface area contributed by atoms with Gasteiger partial charge in [-0.2, -0.15) is 5.26 Å². The van der Waals surface area contributed by atoms with Gasteiger partial charge in [-0.25, -0.2) is 4.98 Å². The van der Waals surface area contributed by atoms with Crippen molar-refractivity contribution in [2.45, 2.75) is 27.2 Å². The molecule has 0 unspecified atom stereocenters. The number of hydrogen-bond donors (Lipinski definition) is 0. The molecule has 2 fully saturated rings. The fourth-order valence-corrected chi connectivity index (χ4v) is 5.60. The van der Waals surface area contributed by atoms with Gasteiger partial charge in [-0.3, -0.25) is 14.1 Å². The number of amides is 1. The monoisotopic (exact) mass is 444 g/mol. The highest BCUT2D eigenvalue weighted by molar-refractivity contribution is 5.85. The molecule has 1 aromatic carbocycles. The summed E-state index contributed by atoms with van der Waals surface area (Å²) in [5.74, 6) is 2.50. The maximum atomic E-state index is 12.9. The van der Waals surface area contributed by atoms with E-state index in [0.29, 0.717) is 23.9 Å². The minimum Gasteiger partial charge on any atom is -0.355 e. The first-order chi connectivity index (χ1) is 15.9. The van der Waals surface area contributed by atoms with Crippen LogP contribution in [0, 0.1) is 30.1 Å². The third-order valence-corrected chi connectivity index (χ3v) is 7.14. The van der Waals surface area contributed by atoms with Crippen molar-refractivity contribution in [2.75, 3.05) is 50.7 Å². The first kappa shape index (κ1) is 21.7. The van der Waals surface area contributed by atoms with E-state index in [0.717, 1.165) is 67.3 Å². The molecule has 4 heterocycles. The molecule has 1 amide bonds. The Labute approximate surface area is 195 Å². The van der Waals surface area contributed by atoms with E-state index >= 15 is 0 Å². The summed E-state index contributed by atoms with van der Waals surface area (Å²) in [6.45, 7) is 12.1. The minimum atomic E-state index is 0.263. The zero-order valence-electron chi connectivity index (χ0n) is 19.8. The van der Waals surface area contributed by atoms with Crippen molar-refractivity contribution >= 4 is 28.4 Å². The molecule has 0 radical (unpaired) electrons. The lowest BCUT2D eigenvalue weighted by molar-refractivity contribution is -0.135. The molecule has 2 aromatic heterocycles. The third kappa shape index (κ3) is 4.04. The molecule has 33 heavy (non-hydrogen) atoms. The van der Waals surface area contributed by atoms with Crippen LogP contribution < -0.4 is 4.90 Å². The van der Waals surface area contributed by atoms with Crippen LogP contribution in [0.4, 0.5) is 5.82 Å². The molecule has 0 aliphatic carbocycles. The van der Waals surface area contributed by atoms with Crippen molar-refractivity contribution in [1.29, 1.82) is 5.26 Å². The Morgan fingerprint density at radius 2 is 1.82 bits per heavy atom. The lowest BCUT2D eigenvalue weighted by Gasteiger charge is -2.39. The average Bonchev–Trinajstić information content (AvgIpc) is 3.18. The van der Waals surface area contributed by atoms with Crippen molar-refractivity contribution in [3.05, 3.63) is 41.5 Å². The van der Waals surface area contributed by atoms with Crippen LogP contribution in [0.2, 0.25) is 0 Å². The SMILES string of the molecule is Cc1cc(N2CCN(CC(=O)N3C[C@H](C)C[C@@H](C)C3)CC2)n2c(nc3ccccc32)c1C#N. The number of anilines is 1. The predicted octanol–water partition coefficient (Wildman–Crippen LogP) is 3.29. The van der Waals surface area contributed by atoms with Gasteiger partial charge in [-0.15, -0.1) is 0 Å². The molecular weight excluding hydrogens is 412 g/mol. The zero-order chi connectivity index (χ0) is 23.1. The number of likely N-dealkylation sites (tertiary alicyclic amines) is 1. The van der Waals surface area contributed by atoms with E-state index in [-0.39, 0.29) is 5.91 Å². The largest absolute Gasteiger partial charge is 0.355 e. The number of nitrogens with zero attached hydrogens (tertiary/aromatic N) is 6. The van der Waals surface area contributed by atoms with E-state index in [4.69, 9.17) is 4.98 Å². The van der Waals surface area contributed by atoms with Gasteiger partial charge in [0.2, 0.25) is 5.91 Å². The molecule has 0 bridgehead atoms. The molecule has 5 rings (SSSR count). The Balaban J connectivity index is 1.35. The number of aryl methyl sites for hydroxylation is 1. The Hall–Kier alpha value is -3.11. The third-order valence-electron chi connectivity index (χ3n) is 7.14. The highest BCUT2D eigenvalue weighted by Gasteiger charge is 2.28. The fraction of sp³-hybridized carbons (Fsp3) is 0.500. The summed E-state index contributed by atoms with van der Waals surface area (Å²) in [7, 11) is 0. The Morgan fingerprint density at radius 1 is 1.12 bits per heavy atom. The van der Waals surface area contributed by atoms with Gasteiger partial charge in [0, 0.05) is 39.3 Å². The van der Waals surface area contributed by atoms with E-state index in [9.17, 15) is 10.1 Å². The summed E-state index contributed by atoms with van der Waals surface area (Å²) in [5, 5.41) is 9.74. The van der Waals surface area contributed by atoms with E-state index in [2.05, 4.69) is 51.1 Å². The number of pyridine rings is 1. The summed E-state index contributed by atoms with van der Waals surface area (Å²) in [5.41, 5.74) is 4.21. The number of imidazole rings is 1. The molecule has 2 saturated heterocycles. The number of carbonyl (C=O) groups excluding carboxylic acids is 1. The summed E-state index contributed by atoms with van der Waals surface area (Å²) in [6, 6.07) is 12.5. The van der Waals surface area contributed by atoms with Gasteiger partial charge >= 0.3 is 0 Å². The first-order valence-electron chi connectivity index (χ1n) is 12.0. The number of piperidine rings is 1. The molecule has 2 aliphatic rings. The molecular formula is C26H32N6O. The summed E-state index contributed by atoms with van der Waals surface area (Å²) in [4.78, 5) is 24.4. The second-order valence-corrected chi connectivity index (χ2v) is 9.94. The van der Waals surface area contributed by atoms with Gasteiger partial charge in [-0.1, -0.05) is 26.0 Å². The molecule has 7 heteroatoms. The fourth-order valence-electron chi connectivity index (χ4n) is 5.60. The van der Waals surface area contributed by atoms with Crippen LogP contribution in [-0.4, -0.2) is 70.9 Å². The summed E-state index contributed by atoms with van der Waals surface area (Å²) in [6.07, 6.45) is 1.21. The number of carbonyl (C=O) groups is 1. The quantitative estimate of drug-likeness (QED) is 0.620. The van der Waals surface area contributed by atoms with Crippen LogP contribution in [-0.2, 0) is 4.79 Å². The number of hydrogen-bond acceptors (Lipinski definition) is 5. The number of nitriles is 1. The van der Waals surface area contributed by atoms with Gasteiger partial charge in [0.25, 0.3) is 0 Å². The number of benzene rings is 1. The molecule has 0 spiro atoms. The van der Waals surface area contributed by atoms with Crippen molar-refractivity contribution < 1.29 is 4.79 Å². The maximum absolute atomic E-state index is 12.9. The Bertz CT molecular complexity index is 1220. The smallest absolute Gasteiger partial charge is 0.236 e. The minimum absolute atomic E-state index is 0.263. The highest BCUT2D eigenvalue weighted by atomic mass is 16.2. The molecule has 0 N–H and O–H groups in total. The molecule has 0 saturated carbocycles. The second-order valence-electron chi connectivity index (χ2n) is 9.94. The molecule has 3 aromatic rings. The van der Waals surface area contributed by atoms with Crippen LogP contribution in [0.3, 0.4) is 0 Å². The van der Waals surface area contributed by atoms with Crippen LogP contribution in [0.15, 0.2) is 30.3 Å². The Morgan fingerprint density at radius 3 is 2.52 bits per heavy atom. The predicted molar refractivity (Wildman–Crippen MR) is 130 cm³/mol. The molecule has 7 nitrogen and oxygen atoms in total. The molecule has 2 aliphatic heterocycles. The lowest BCUT2D eigenvalue weighted by Crippen LogP contribution is -2.52. The number of fused-ring (bicyclic) bond motifs is 3. The normalized spacial score (nSPS) is 22.1. The van der Waals surface area contributed by atoms with E-state index in [1.165, 1.54) is 6.42 Å². The number of aromatic nitrogens is 2. The van der Waals surface area contributed by atoms with Gasteiger partial charge in [0.05, 0.1) is 23.1 Å². The van der Waals surface area contributed by atoms with Crippen LogP contribution in [0.5, 0.6) is 0 Å². The topological polar surface area (TPSA) is 67.9 Å². The first-order valence-corrected chi connectivity index (χ1v) is 12.0. The second kappa shape index (κ2) is 8.68. The standard InChI is InChI=1S/C26H32N6O/c1-18-12-19(2)16-31(15-18)25(33)17-29-8-10-30(11-9-29)24-13-20(3)21(14-27)26-28-22-6-4-5-7-23(22)32(24)26/h4-7,13,18-19H,8-12,15-17H2,1-3H3/t18-,19-/m1/s1.